The molecule has 0 amide bonds. The Labute approximate surface area is 312 Å². The lowest BCUT2D eigenvalue weighted by Crippen LogP contribution is -2.41. The van der Waals surface area contributed by atoms with E-state index in [1.807, 2.05) is 12.2 Å². The van der Waals surface area contributed by atoms with Crippen LogP contribution in [0.1, 0.15) is 97.1 Å². The molecule has 0 atom stereocenters. The van der Waals surface area contributed by atoms with E-state index in [0.29, 0.717) is 0 Å². The van der Waals surface area contributed by atoms with Crippen LogP contribution in [-0.4, -0.2) is 18.3 Å². The van der Waals surface area contributed by atoms with Gasteiger partial charge in [0.05, 0.1) is 11.2 Å². The standard InChI is InChI=1S/C48H52BNO2/c1-13-17-31(14-2)32-18-21-34(22-19-32)50(35-23-26-38-37(15-3)41(16-4)45(5,6)43(38)29-35)36-24-27-40-39-25-20-33(28-42(39)46(7,8)44(40)30-36)49-51-47(9,10)48(11,12)52-49/h13-30H,3-4H2,1-2,5-12H3/b17-13-,31-14+. The van der Waals surface area contributed by atoms with E-state index in [4.69, 9.17) is 9.31 Å². The zero-order valence-corrected chi connectivity index (χ0v) is 32.6. The molecule has 264 valence electrons. The van der Waals surface area contributed by atoms with E-state index < -0.39 is 18.3 Å². The predicted octanol–water partition coefficient (Wildman–Crippen LogP) is 12.2. The van der Waals surface area contributed by atoms with Gasteiger partial charge >= 0.3 is 7.12 Å². The Morgan fingerprint density at radius 1 is 0.615 bits per heavy atom. The summed E-state index contributed by atoms with van der Waals surface area (Å²) in [6.07, 6.45) is 10.4. The largest absolute Gasteiger partial charge is 0.494 e. The van der Waals surface area contributed by atoms with Gasteiger partial charge in [-0.15, -0.1) is 0 Å². The highest BCUT2D eigenvalue weighted by atomic mass is 16.7. The number of allylic oxidation sites excluding steroid dienone is 8. The highest BCUT2D eigenvalue weighted by molar-refractivity contribution is 6.62. The Morgan fingerprint density at radius 2 is 1.13 bits per heavy atom. The number of rotatable bonds is 8. The first-order valence-corrected chi connectivity index (χ1v) is 18.6. The Hall–Kier alpha value is -4.64. The van der Waals surface area contributed by atoms with Crippen LogP contribution in [0.4, 0.5) is 17.1 Å². The van der Waals surface area contributed by atoms with Crippen molar-refractivity contribution in [1.82, 2.24) is 0 Å². The highest BCUT2D eigenvalue weighted by Gasteiger charge is 2.52. The van der Waals surface area contributed by atoms with Crippen LogP contribution in [0.25, 0.3) is 22.3 Å². The molecule has 0 spiro atoms. The van der Waals surface area contributed by atoms with E-state index in [-0.39, 0.29) is 10.8 Å². The van der Waals surface area contributed by atoms with Crippen molar-refractivity contribution in [3.05, 3.63) is 156 Å². The molecule has 52 heavy (non-hydrogen) atoms. The number of benzene rings is 4. The van der Waals surface area contributed by atoms with Gasteiger partial charge in [-0.1, -0.05) is 114 Å². The summed E-state index contributed by atoms with van der Waals surface area (Å²) in [5, 5.41) is 0. The van der Waals surface area contributed by atoms with Gasteiger partial charge in [-0.3, -0.25) is 0 Å². The van der Waals surface area contributed by atoms with Crippen LogP contribution in [0.2, 0.25) is 0 Å². The molecule has 0 aromatic heterocycles. The second-order valence-corrected chi connectivity index (χ2v) is 16.5. The maximum Gasteiger partial charge on any atom is 0.494 e. The minimum absolute atomic E-state index is 0.199. The minimum Gasteiger partial charge on any atom is -0.399 e. The molecule has 1 heterocycles. The van der Waals surface area contributed by atoms with Crippen molar-refractivity contribution in [3.8, 4) is 11.1 Å². The van der Waals surface area contributed by atoms with E-state index in [1.165, 1.54) is 50.1 Å². The summed E-state index contributed by atoms with van der Waals surface area (Å²) < 4.78 is 12.9. The fourth-order valence-corrected chi connectivity index (χ4v) is 8.43. The third-order valence-corrected chi connectivity index (χ3v) is 12.2. The number of hydrogen-bond acceptors (Lipinski definition) is 3. The van der Waals surface area contributed by atoms with Gasteiger partial charge in [0.25, 0.3) is 0 Å². The lowest BCUT2D eigenvalue weighted by atomic mass is 9.74. The molecule has 1 aliphatic heterocycles. The van der Waals surface area contributed by atoms with Gasteiger partial charge in [0.1, 0.15) is 0 Å². The van der Waals surface area contributed by atoms with Crippen molar-refractivity contribution in [2.45, 2.75) is 91.3 Å². The zero-order chi connectivity index (χ0) is 37.4. The maximum atomic E-state index is 6.47. The normalized spacial score (nSPS) is 19.1. The van der Waals surface area contributed by atoms with Crippen molar-refractivity contribution in [1.29, 1.82) is 0 Å². The summed E-state index contributed by atoms with van der Waals surface area (Å²) in [5.74, 6) is 0. The summed E-state index contributed by atoms with van der Waals surface area (Å²) in [6, 6.07) is 29.5. The molecule has 1 fully saturated rings. The van der Waals surface area contributed by atoms with Gasteiger partial charge in [0.2, 0.25) is 0 Å². The summed E-state index contributed by atoms with van der Waals surface area (Å²) >= 11 is 0. The molecular weight excluding hydrogens is 633 g/mol. The first-order chi connectivity index (χ1) is 24.6. The van der Waals surface area contributed by atoms with E-state index >= 15 is 0 Å². The monoisotopic (exact) mass is 685 g/mol. The van der Waals surface area contributed by atoms with Crippen LogP contribution in [0, 0.1) is 0 Å². The SMILES string of the molecule is C=CC1=C(C=C)C(C)(C)c2cc(N(c3ccc(C(/C=C\C)=C/C)cc3)c3ccc4c(c3)C(C)(C)c3cc(B5OC(C)(C)C(C)(C)O5)ccc3-4)ccc21. The molecule has 0 N–H and O–H groups in total. The molecule has 7 rings (SSSR count). The number of fused-ring (bicyclic) bond motifs is 4. The average Bonchev–Trinajstić information content (AvgIpc) is 3.59. The molecular formula is C48H52BNO2. The quantitative estimate of drug-likeness (QED) is 0.136. The van der Waals surface area contributed by atoms with Crippen molar-refractivity contribution in [2.24, 2.45) is 0 Å². The number of anilines is 3. The van der Waals surface area contributed by atoms with Gasteiger partial charge in [-0.2, -0.15) is 0 Å². The van der Waals surface area contributed by atoms with Crippen LogP contribution in [0.5, 0.6) is 0 Å². The average molecular weight is 686 g/mol. The van der Waals surface area contributed by atoms with Crippen molar-refractivity contribution in [2.75, 3.05) is 4.90 Å². The van der Waals surface area contributed by atoms with E-state index in [1.54, 1.807) is 0 Å². The molecule has 4 aromatic carbocycles. The van der Waals surface area contributed by atoms with Gasteiger partial charge in [0.15, 0.2) is 0 Å². The highest BCUT2D eigenvalue weighted by Crippen LogP contribution is 2.52. The molecule has 4 aromatic rings. The van der Waals surface area contributed by atoms with Crippen LogP contribution in [-0.2, 0) is 20.1 Å². The summed E-state index contributed by atoms with van der Waals surface area (Å²) in [7, 11) is -0.401. The van der Waals surface area contributed by atoms with Gasteiger partial charge in [-0.05, 0) is 139 Å². The van der Waals surface area contributed by atoms with Crippen LogP contribution < -0.4 is 10.4 Å². The first kappa shape index (κ1) is 35.8. The first-order valence-electron chi connectivity index (χ1n) is 18.6. The van der Waals surface area contributed by atoms with Gasteiger partial charge in [-0.25, -0.2) is 0 Å². The molecule has 3 nitrogen and oxygen atoms in total. The van der Waals surface area contributed by atoms with Gasteiger partial charge < -0.3 is 14.2 Å². The van der Waals surface area contributed by atoms with Crippen molar-refractivity contribution < 1.29 is 9.31 Å². The second kappa shape index (κ2) is 12.5. The molecule has 3 aliphatic rings. The molecule has 4 heteroatoms. The Kier molecular flexibility index (Phi) is 8.60. The van der Waals surface area contributed by atoms with Crippen LogP contribution in [0.15, 0.2) is 128 Å². The van der Waals surface area contributed by atoms with E-state index in [2.05, 4.69) is 184 Å². The molecule has 1 saturated heterocycles. The Morgan fingerprint density at radius 3 is 1.67 bits per heavy atom. The van der Waals surface area contributed by atoms with Crippen LogP contribution >= 0.6 is 0 Å². The molecule has 0 saturated carbocycles. The lowest BCUT2D eigenvalue weighted by molar-refractivity contribution is 0.00578. The topological polar surface area (TPSA) is 21.7 Å². The molecule has 2 aliphatic carbocycles. The zero-order valence-electron chi connectivity index (χ0n) is 32.6. The summed E-state index contributed by atoms with van der Waals surface area (Å²) in [4.78, 5) is 2.40. The maximum absolute atomic E-state index is 6.47. The Balaban J connectivity index is 1.34. The third-order valence-electron chi connectivity index (χ3n) is 12.2. The van der Waals surface area contributed by atoms with E-state index in [0.717, 1.165) is 28.1 Å². The van der Waals surface area contributed by atoms with Gasteiger partial charge in [0, 0.05) is 27.9 Å². The fourth-order valence-electron chi connectivity index (χ4n) is 8.43. The second-order valence-electron chi connectivity index (χ2n) is 16.5. The minimum atomic E-state index is -0.401. The third kappa shape index (κ3) is 5.42. The summed E-state index contributed by atoms with van der Waals surface area (Å²) in [5.41, 5.74) is 15.6. The van der Waals surface area contributed by atoms with Crippen molar-refractivity contribution in [3.63, 3.8) is 0 Å². The number of hydrogen-bond donors (Lipinski definition) is 0. The Bertz CT molecular complexity index is 2190. The van der Waals surface area contributed by atoms with Crippen LogP contribution in [0.3, 0.4) is 0 Å². The molecule has 0 radical (unpaired) electrons. The lowest BCUT2D eigenvalue weighted by Gasteiger charge is -2.32. The fraction of sp³-hybridized carbons (Fsp3) is 0.292. The summed E-state index contributed by atoms with van der Waals surface area (Å²) in [6.45, 7) is 30.2. The van der Waals surface area contributed by atoms with E-state index in [9.17, 15) is 0 Å². The number of nitrogens with zero attached hydrogens (tertiary/aromatic N) is 1. The smallest absolute Gasteiger partial charge is 0.399 e. The predicted molar refractivity (Wildman–Crippen MR) is 223 cm³/mol. The molecule has 0 unspecified atom stereocenters. The molecule has 0 bridgehead atoms. The van der Waals surface area contributed by atoms with Crippen molar-refractivity contribution >= 4 is 40.8 Å².